The van der Waals surface area contributed by atoms with Crippen LogP contribution in [0, 0.1) is 0 Å². The van der Waals surface area contributed by atoms with Gasteiger partial charge in [-0.15, -0.1) is 0 Å². The Balaban J connectivity index is 2.05. The first-order chi connectivity index (χ1) is 14.2. The molecule has 0 atom stereocenters. The molecule has 0 aliphatic rings. The van der Waals surface area contributed by atoms with E-state index in [0.29, 0.717) is 0 Å². The van der Waals surface area contributed by atoms with Gasteiger partial charge in [-0.25, -0.2) is 0 Å². The van der Waals surface area contributed by atoms with Gasteiger partial charge >= 0.3 is 0 Å². The van der Waals surface area contributed by atoms with E-state index in [1.807, 2.05) is 18.2 Å². The molecule has 0 fully saturated rings. The third-order valence-corrected chi connectivity index (χ3v) is 5.59. The number of benzene rings is 4. The lowest BCUT2D eigenvalue weighted by molar-refractivity contribution is 0.800. The Kier molecular flexibility index (Phi) is 5.78. The van der Waals surface area contributed by atoms with E-state index in [-0.39, 0.29) is 0 Å². The number of hydrogen-bond donors (Lipinski definition) is 0. The molecule has 2 heteroatoms. The maximum Gasteiger partial charge on any atom is 0.0746 e. The van der Waals surface area contributed by atoms with Crippen molar-refractivity contribution in [3.8, 4) is 11.1 Å². The first-order valence-electron chi connectivity index (χ1n) is 10.1. The van der Waals surface area contributed by atoms with Crippen LogP contribution < -0.4 is 0 Å². The van der Waals surface area contributed by atoms with Crippen molar-refractivity contribution in [2.75, 3.05) is 0 Å². The van der Waals surface area contributed by atoms with Gasteiger partial charge in [0.15, 0.2) is 0 Å². The van der Waals surface area contributed by atoms with Crippen LogP contribution in [0.2, 0.25) is 5.02 Å². The van der Waals surface area contributed by atoms with E-state index in [2.05, 4.69) is 62.0 Å². The second kappa shape index (κ2) is 8.63. The Hall–Kier alpha value is -2.90. The van der Waals surface area contributed by atoms with Gasteiger partial charge in [0.1, 0.15) is 0 Å². The molecule has 0 amide bonds. The molecule has 0 N–H and O–H groups in total. The van der Waals surface area contributed by atoms with Gasteiger partial charge in [0.05, 0.1) is 5.69 Å². The van der Waals surface area contributed by atoms with Crippen molar-refractivity contribution >= 4 is 45.0 Å². The third-order valence-electron chi connectivity index (χ3n) is 5.35. The summed E-state index contributed by atoms with van der Waals surface area (Å²) in [6, 6.07) is 23.3. The highest BCUT2D eigenvalue weighted by atomic mass is 35.5. The topological polar surface area (TPSA) is 12.4 Å². The minimum atomic E-state index is 0.755. The standard InChI is InChI=1S/C27H24ClN/c1-3-5-11-24-23-15-14-20(19-9-8-10-21(28)17-19)18-26(23)22-12-6-7-13-25(22)27(24)29-16-4-2/h4,6-10,12-18H,2-3,5,11H2,1H3. The molecule has 0 aromatic heterocycles. The quantitative estimate of drug-likeness (QED) is 0.228. The Morgan fingerprint density at radius 2 is 1.66 bits per heavy atom. The average molecular weight is 398 g/mol. The van der Waals surface area contributed by atoms with Crippen molar-refractivity contribution in [1.82, 2.24) is 0 Å². The molecule has 0 saturated heterocycles. The summed E-state index contributed by atoms with van der Waals surface area (Å²) in [6.07, 6.45) is 6.84. The van der Waals surface area contributed by atoms with Crippen LogP contribution in [-0.4, -0.2) is 6.21 Å². The van der Waals surface area contributed by atoms with E-state index in [9.17, 15) is 0 Å². The molecule has 29 heavy (non-hydrogen) atoms. The van der Waals surface area contributed by atoms with Crippen molar-refractivity contribution in [2.45, 2.75) is 26.2 Å². The minimum absolute atomic E-state index is 0.755. The Morgan fingerprint density at radius 1 is 0.862 bits per heavy atom. The van der Waals surface area contributed by atoms with Crippen LogP contribution in [0.1, 0.15) is 25.3 Å². The predicted octanol–water partition coefficient (Wildman–Crippen LogP) is 8.54. The monoisotopic (exact) mass is 397 g/mol. The van der Waals surface area contributed by atoms with Crippen LogP contribution in [0.5, 0.6) is 0 Å². The molecule has 0 bridgehead atoms. The summed E-state index contributed by atoms with van der Waals surface area (Å²) in [5.74, 6) is 0. The van der Waals surface area contributed by atoms with E-state index in [0.717, 1.165) is 35.5 Å². The Labute approximate surface area is 177 Å². The summed E-state index contributed by atoms with van der Waals surface area (Å²) in [5, 5.41) is 5.71. The van der Waals surface area contributed by atoms with Gasteiger partial charge in [-0.05, 0) is 63.9 Å². The number of halogens is 1. The lowest BCUT2D eigenvalue weighted by atomic mass is 9.90. The number of rotatable bonds is 6. The summed E-state index contributed by atoms with van der Waals surface area (Å²) < 4.78 is 0. The zero-order valence-corrected chi connectivity index (χ0v) is 17.4. The molecule has 4 aromatic rings. The van der Waals surface area contributed by atoms with Gasteiger partial charge in [0.2, 0.25) is 0 Å². The van der Waals surface area contributed by atoms with Gasteiger partial charge in [-0.1, -0.05) is 86.1 Å². The van der Waals surface area contributed by atoms with Crippen molar-refractivity contribution < 1.29 is 0 Å². The first kappa shape index (κ1) is 19.4. The van der Waals surface area contributed by atoms with Crippen molar-refractivity contribution in [3.63, 3.8) is 0 Å². The molecule has 4 rings (SSSR count). The predicted molar refractivity (Wildman–Crippen MR) is 129 cm³/mol. The number of aliphatic imine (C=N–C) groups is 1. The molecule has 144 valence electrons. The minimum Gasteiger partial charge on any atom is -0.256 e. The first-order valence-corrected chi connectivity index (χ1v) is 10.5. The summed E-state index contributed by atoms with van der Waals surface area (Å²) >= 11 is 6.24. The average Bonchev–Trinajstić information content (AvgIpc) is 2.76. The van der Waals surface area contributed by atoms with Crippen molar-refractivity contribution in [2.24, 2.45) is 4.99 Å². The summed E-state index contributed by atoms with van der Waals surface area (Å²) in [7, 11) is 0. The molecule has 0 aliphatic carbocycles. The normalized spacial score (nSPS) is 11.5. The molecule has 1 nitrogen and oxygen atoms in total. The van der Waals surface area contributed by atoms with Crippen LogP contribution in [0.4, 0.5) is 5.69 Å². The Bertz CT molecular complexity index is 1220. The van der Waals surface area contributed by atoms with Gasteiger partial charge in [-0.3, -0.25) is 4.99 Å². The molecular weight excluding hydrogens is 374 g/mol. The second-order valence-electron chi connectivity index (χ2n) is 7.26. The largest absolute Gasteiger partial charge is 0.256 e. The van der Waals surface area contributed by atoms with E-state index in [4.69, 9.17) is 16.6 Å². The molecule has 4 aromatic carbocycles. The fourth-order valence-electron chi connectivity index (χ4n) is 3.97. The molecule has 0 saturated carbocycles. The van der Waals surface area contributed by atoms with Crippen LogP contribution in [0.25, 0.3) is 32.7 Å². The maximum atomic E-state index is 6.24. The summed E-state index contributed by atoms with van der Waals surface area (Å²) in [5.41, 5.74) is 4.69. The van der Waals surface area contributed by atoms with Crippen LogP contribution in [0.3, 0.4) is 0 Å². The van der Waals surface area contributed by atoms with Crippen LogP contribution in [0.15, 0.2) is 84.4 Å². The second-order valence-corrected chi connectivity index (χ2v) is 7.70. The number of fused-ring (bicyclic) bond motifs is 3. The van der Waals surface area contributed by atoms with Crippen molar-refractivity contribution in [3.05, 3.63) is 90.0 Å². The highest BCUT2D eigenvalue weighted by molar-refractivity contribution is 6.30. The number of nitrogens with zero attached hydrogens (tertiary/aromatic N) is 1. The highest BCUT2D eigenvalue weighted by Gasteiger charge is 2.14. The maximum absolute atomic E-state index is 6.24. The number of allylic oxidation sites excluding steroid dienone is 1. The molecule has 0 radical (unpaired) electrons. The van der Waals surface area contributed by atoms with E-state index in [1.54, 1.807) is 12.3 Å². The van der Waals surface area contributed by atoms with Gasteiger partial charge in [0, 0.05) is 16.6 Å². The summed E-state index contributed by atoms with van der Waals surface area (Å²) in [6.45, 7) is 6.03. The zero-order valence-electron chi connectivity index (χ0n) is 16.7. The van der Waals surface area contributed by atoms with E-state index >= 15 is 0 Å². The SMILES string of the molecule is C=CC=Nc1c(CCCC)c2ccc(-c3cccc(Cl)c3)cc2c2ccccc12. The third kappa shape index (κ3) is 3.83. The van der Waals surface area contributed by atoms with Crippen LogP contribution in [-0.2, 0) is 6.42 Å². The number of aryl methyl sites for hydroxylation is 1. The van der Waals surface area contributed by atoms with E-state index in [1.165, 1.54) is 32.7 Å². The molecular formula is C27H24ClN. The van der Waals surface area contributed by atoms with Gasteiger partial charge in [0.25, 0.3) is 0 Å². The molecule has 0 spiro atoms. The van der Waals surface area contributed by atoms with Crippen molar-refractivity contribution in [1.29, 1.82) is 0 Å². The highest BCUT2D eigenvalue weighted by Crippen LogP contribution is 2.40. The molecule has 0 unspecified atom stereocenters. The molecule has 0 aliphatic heterocycles. The van der Waals surface area contributed by atoms with E-state index < -0.39 is 0 Å². The van der Waals surface area contributed by atoms with Crippen LogP contribution >= 0.6 is 11.6 Å². The lowest BCUT2D eigenvalue weighted by Gasteiger charge is -2.16. The van der Waals surface area contributed by atoms with Gasteiger partial charge < -0.3 is 0 Å². The molecule has 0 heterocycles. The van der Waals surface area contributed by atoms with Gasteiger partial charge in [-0.2, -0.15) is 0 Å². The summed E-state index contributed by atoms with van der Waals surface area (Å²) in [4.78, 5) is 4.79. The Morgan fingerprint density at radius 3 is 2.41 bits per heavy atom. The lowest BCUT2D eigenvalue weighted by Crippen LogP contribution is -1.92. The number of unbranched alkanes of at least 4 members (excludes halogenated alkanes) is 1. The fourth-order valence-corrected chi connectivity index (χ4v) is 4.16. The number of hydrogen-bond acceptors (Lipinski definition) is 1. The fraction of sp³-hybridized carbons (Fsp3) is 0.148. The zero-order chi connectivity index (χ0) is 20.2. The smallest absolute Gasteiger partial charge is 0.0746 e.